The van der Waals surface area contributed by atoms with Crippen molar-refractivity contribution in [1.82, 2.24) is 14.7 Å². The highest BCUT2D eigenvalue weighted by Crippen LogP contribution is 2.19. The van der Waals surface area contributed by atoms with Crippen molar-refractivity contribution in [2.24, 2.45) is 0 Å². The maximum Gasteiger partial charge on any atom is 0.409 e. The lowest BCUT2D eigenvalue weighted by atomic mass is 10.1. The molecule has 2 heterocycles. The number of carbonyl (C=O) groups is 2. The number of methoxy groups -OCH3 is 1. The van der Waals surface area contributed by atoms with E-state index in [0.717, 1.165) is 25.2 Å². The van der Waals surface area contributed by atoms with Gasteiger partial charge in [-0.15, -0.1) is 0 Å². The summed E-state index contributed by atoms with van der Waals surface area (Å²) in [6.07, 6.45) is 2.36. The molecule has 2 amide bonds. The zero-order chi connectivity index (χ0) is 18.5. The maximum absolute atomic E-state index is 13.0. The van der Waals surface area contributed by atoms with Crippen LogP contribution in [-0.2, 0) is 16.0 Å². The fourth-order valence-electron chi connectivity index (χ4n) is 3.86. The molecule has 2 fully saturated rings. The average Bonchev–Trinajstić information content (AvgIpc) is 3.16. The molecule has 1 aromatic rings. The highest BCUT2D eigenvalue weighted by molar-refractivity contribution is 5.81. The first kappa shape index (κ1) is 18.5. The summed E-state index contributed by atoms with van der Waals surface area (Å²) in [6.45, 7) is 4.45. The molecule has 142 valence electrons. The Balaban J connectivity index is 1.70. The van der Waals surface area contributed by atoms with Gasteiger partial charge in [-0.1, -0.05) is 18.2 Å². The minimum absolute atomic E-state index is 0.0154. The largest absolute Gasteiger partial charge is 0.453 e. The van der Waals surface area contributed by atoms with Crippen LogP contribution in [0.1, 0.15) is 18.4 Å². The molecule has 0 aliphatic carbocycles. The van der Waals surface area contributed by atoms with Crippen molar-refractivity contribution in [3.63, 3.8) is 0 Å². The number of carbonyl (C=O) groups excluding carboxylic acids is 2. The van der Waals surface area contributed by atoms with E-state index < -0.39 is 0 Å². The van der Waals surface area contributed by atoms with E-state index in [4.69, 9.17) is 10.5 Å². The number of nitrogen functional groups attached to an aromatic ring is 1. The van der Waals surface area contributed by atoms with E-state index in [2.05, 4.69) is 4.90 Å². The molecule has 0 bridgehead atoms. The van der Waals surface area contributed by atoms with Crippen LogP contribution >= 0.6 is 0 Å². The number of nitrogens with zero attached hydrogens (tertiary/aromatic N) is 3. The normalized spacial score (nSPS) is 21.0. The summed E-state index contributed by atoms with van der Waals surface area (Å²) in [4.78, 5) is 30.9. The molecule has 2 N–H and O–H groups in total. The Kier molecular flexibility index (Phi) is 5.98. The van der Waals surface area contributed by atoms with E-state index in [-0.39, 0.29) is 18.0 Å². The van der Waals surface area contributed by atoms with Crippen molar-refractivity contribution in [1.29, 1.82) is 0 Å². The summed E-state index contributed by atoms with van der Waals surface area (Å²) in [5.41, 5.74) is 7.49. The predicted octanol–water partition coefficient (Wildman–Crippen LogP) is 1.19. The minimum atomic E-state index is -0.323. The number of amides is 2. The molecule has 0 saturated carbocycles. The van der Waals surface area contributed by atoms with E-state index >= 15 is 0 Å². The van der Waals surface area contributed by atoms with Crippen LogP contribution in [0.2, 0.25) is 0 Å². The Morgan fingerprint density at radius 3 is 2.58 bits per heavy atom. The first-order valence-electron chi connectivity index (χ1n) is 9.26. The molecule has 26 heavy (non-hydrogen) atoms. The molecule has 7 nitrogen and oxygen atoms in total. The van der Waals surface area contributed by atoms with Crippen molar-refractivity contribution in [2.45, 2.75) is 25.3 Å². The number of piperazine rings is 1. The molecule has 2 aliphatic rings. The lowest BCUT2D eigenvalue weighted by Crippen LogP contribution is -2.59. The van der Waals surface area contributed by atoms with Gasteiger partial charge >= 0.3 is 6.09 Å². The number of anilines is 1. The van der Waals surface area contributed by atoms with Gasteiger partial charge in [0, 0.05) is 31.9 Å². The van der Waals surface area contributed by atoms with Gasteiger partial charge in [0.15, 0.2) is 0 Å². The Labute approximate surface area is 154 Å². The monoisotopic (exact) mass is 360 g/mol. The fourth-order valence-corrected chi connectivity index (χ4v) is 3.86. The molecule has 2 saturated heterocycles. The number of ether oxygens (including phenoxy) is 1. The van der Waals surface area contributed by atoms with Gasteiger partial charge in [0.2, 0.25) is 5.91 Å². The number of likely N-dealkylation sites (tertiary alicyclic amines) is 1. The SMILES string of the molecule is COC(=O)N1CCN(C(=O)Cc2ccccc2N)[C@H](CN2CCCC2)C1. The minimum Gasteiger partial charge on any atom is -0.453 e. The van der Waals surface area contributed by atoms with Crippen LogP contribution in [0.5, 0.6) is 0 Å². The molecular weight excluding hydrogens is 332 g/mol. The van der Waals surface area contributed by atoms with Crippen LogP contribution in [0, 0.1) is 0 Å². The molecule has 0 unspecified atom stereocenters. The van der Waals surface area contributed by atoms with Gasteiger partial charge in [-0.3, -0.25) is 4.79 Å². The van der Waals surface area contributed by atoms with Crippen molar-refractivity contribution in [2.75, 3.05) is 52.1 Å². The van der Waals surface area contributed by atoms with Gasteiger partial charge < -0.3 is 25.2 Å². The summed E-state index contributed by atoms with van der Waals surface area (Å²) in [7, 11) is 1.40. The predicted molar refractivity (Wildman–Crippen MR) is 99.7 cm³/mol. The quantitative estimate of drug-likeness (QED) is 0.816. The van der Waals surface area contributed by atoms with E-state index in [1.165, 1.54) is 20.0 Å². The molecule has 1 aromatic carbocycles. The smallest absolute Gasteiger partial charge is 0.409 e. The standard InChI is InChI=1S/C19H28N4O3/c1-26-19(25)22-10-11-23(16(14-22)13-21-8-4-5-9-21)18(24)12-15-6-2-3-7-17(15)20/h2-3,6-7,16H,4-5,8-14,20H2,1H3/t16-/m1/s1. The number of rotatable bonds is 4. The van der Waals surface area contributed by atoms with Gasteiger partial charge in [0.25, 0.3) is 0 Å². The average molecular weight is 360 g/mol. The molecule has 7 heteroatoms. The van der Waals surface area contributed by atoms with E-state index in [1.807, 2.05) is 29.2 Å². The van der Waals surface area contributed by atoms with E-state index in [0.29, 0.717) is 31.7 Å². The third-order valence-corrected chi connectivity index (χ3v) is 5.30. The maximum atomic E-state index is 13.0. The Morgan fingerprint density at radius 1 is 1.15 bits per heavy atom. The second-order valence-corrected chi connectivity index (χ2v) is 7.04. The Hall–Kier alpha value is -2.28. The first-order valence-corrected chi connectivity index (χ1v) is 9.26. The summed E-state index contributed by atoms with van der Waals surface area (Å²) in [5.74, 6) is 0.0663. The highest BCUT2D eigenvalue weighted by Gasteiger charge is 2.34. The summed E-state index contributed by atoms with van der Waals surface area (Å²) >= 11 is 0. The molecule has 1 atom stereocenters. The lowest BCUT2D eigenvalue weighted by Gasteiger charge is -2.42. The number of benzene rings is 1. The fraction of sp³-hybridized carbons (Fsp3) is 0.579. The van der Waals surface area contributed by atoms with Gasteiger partial charge in [0.05, 0.1) is 19.6 Å². The van der Waals surface area contributed by atoms with Crippen LogP contribution < -0.4 is 5.73 Å². The zero-order valence-electron chi connectivity index (χ0n) is 15.4. The van der Waals surface area contributed by atoms with E-state index in [9.17, 15) is 9.59 Å². The topological polar surface area (TPSA) is 79.1 Å². The molecular formula is C19H28N4O3. The van der Waals surface area contributed by atoms with Crippen LogP contribution in [0.15, 0.2) is 24.3 Å². The summed E-state index contributed by atoms with van der Waals surface area (Å²) in [6, 6.07) is 7.47. The number of nitrogens with two attached hydrogens (primary N) is 1. The molecule has 0 spiro atoms. The van der Waals surface area contributed by atoms with Gasteiger partial charge in [0.1, 0.15) is 0 Å². The highest BCUT2D eigenvalue weighted by atomic mass is 16.5. The second-order valence-electron chi connectivity index (χ2n) is 7.04. The Morgan fingerprint density at radius 2 is 1.88 bits per heavy atom. The third-order valence-electron chi connectivity index (χ3n) is 5.30. The second kappa shape index (κ2) is 8.40. The van der Waals surface area contributed by atoms with Gasteiger partial charge in [-0.25, -0.2) is 4.79 Å². The molecule has 0 aromatic heterocycles. The molecule has 2 aliphatic heterocycles. The van der Waals surface area contributed by atoms with Gasteiger partial charge in [-0.05, 0) is 37.6 Å². The van der Waals surface area contributed by atoms with E-state index in [1.54, 1.807) is 4.90 Å². The van der Waals surface area contributed by atoms with Crippen molar-refractivity contribution in [3.05, 3.63) is 29.8 Å². The Bertz CT molecular complexity index is 645. The number of para-hydroxylation sites is 1. The zero-order valence-corrected chi connectivity index (χ0v) is 15.4. The van der Waals surface area contributed by atoms with Crippen LogP contribution in [-0.4, -0.2) is 79.1 Å². The number of hydrogen-bond acceptors (Lipinski definition) is 5. The summed E-state index contributed by atoms with van der Waals surface area (Å²) in [5, 5.41) is 0. The molecule has 3 rings (SSSR count). The van der Waals surface area contributed by atoms with Crippen LogP contribution in [0.4, 0.5) is 10.5 Å². The summed E-state index contributed by atoms with van der Waals surface area (Å²) < 4.78 is 4.87. The van der Waals surface area contributed by atoms with Crippen molar-refractivity contribution < 1.29 is 14.3 Å². The lowest BCUT2D eigenvalue weighted by molar-refractivity contribution is -0.135. The van der Waals surface area contributed by atoms with Crippen molar-refractivity contribution in [3.8, 4) is 0 Å². The molecule has 0 radical (unpaired) electrons. The first-order chi connectivity index (χ1) is 12.6. The van der Waals surface area contributed by atoms with Crippen molar-refractivity contribution >= 4 is 17.7 Å². The van der Waals surface area contributed by atoms with Crippen LogP contribution in [0.25, 0.3) is 0 Å². The third kappa shape index (κ3) is 4.27. The number of hydrogen-bond donors (Lipinski definition) is 1. The van der Waals surface area contributed by atoms with Crippen LogP contribution in [0.3, 0.4) is 0 Å². The van der Waals surface area contributed by atoms with Gasteiger partial charge in [-0.2, -0.15) is 0 Å².